The van der Waals surface area contributed by atoms with Crippen LogP contribution in [0.5, 0.6) is 0 Å². The monoisotopic (exact) mass is 322 g/mol. The van der Waals surface area contributed by atoms with Gasteiger partial charge < -0.3 is 0 Å². The zero-order chi connectivity index (χ0) is 13.1. The Hall–Kier alpha value is -0.200. The fourth-order valence-electron chi connectivity index (χ4n) is 2.62. The zero-order valence-corrected chi connectivity index (χ0v) is 10.0. The second kappa shape index (κ2) is 3.65. The van der Waals surface area contributed by atoms with E-state index in [9.17, 15) is 26.3 Å². The van der Waals surface area contributed by atoms with E-state index in [1.54, 1.807) is 6.08 Å². The van der Waals surface area contributed by atoms with Crippen molar-refractivity contribution in [2.45, 2.75) is 29.5 Å². The Labute approximate surface area is 102 Å². The van der Waals surface area contributed by atoms with E-state index < -0.39 is 28.5 Å². The minimum atomic E-state index is -5.39. The largest absolute Gasteiger partial charge is 0.382 e. The summed E-state index contributed by atoms with van der Waals surface area (Å²) in [7, 11) is 0. The lowest BCUT2D eigenvalue weighted by Gasteiger charge is -2.36. The van der Waals surface area contributed by atoms with Crippen molar-refractivity contribution in [2.24, 2.45) is 17.8 Å². The van der Waals surface area contributed by atoms with Gasteiger partial charge in [0, 0.05) is 5.92 Å². The fraction of sp³-hybridized carbons (Fsp3) is 0.800. The van der Waals surface area contributed by atoms with E-state index in [-0.39, 0.29) is 12.3 Å². The summed E-state index contributed by atoms with van der Waals surface area (Å²) in [5, 5.41) is 0. The minimum Gasteiger partial charge on any atom is -0.199 e. The van der Waals surface area contributed by atoms with Crippen molar-refractivity contribution in [1.29, 1.82) is 0 Å². The number of fused-ring (bicyclic) bond motifs is 2. The average molecular weight is 323 g/mol. The Morgan fingerprint density at radius 2 is 1.53 bits per heavy atom. The van der Waals surface area contributed by atoms with Crippen LogP contribution in [0.2, 0.25) is 0 Å². The van der Waals surface area contributed by atoms with Crippen molar-refractivity contribution in [2.75, 3.05) is 0 Å². The van der Waals surface area contributed by atoms with Crippen molar-refractivity contribution < 1.29 is 26.3 Å². The van der Waals surface area contributed by atoms with Crippen LogP contribution >= 0.6 is 15.9 Å². The molecule has 0 nitrogen and oxygen atoms in total. The van der Waals surface area contributed by atoms with Gasteiger partial charge in [0.1, 0.15) is 0 Å². The first-order valence-corrected chi connectivity index (χ1v) is 5.87. The van der Waals surface area contributed by atoms with Crippen molar-refractivity contribution in [3.8, 4) is 0 Å². The molecule has 0 heterocycles. The number of hydrogen-bond acceptors (Lipinski definition) is 0. The molecule has 0 N–H and O–H groups in total. The summed E-state index contributed by atoms with van der Waals surface area (Å²) in [6, 6.07) is 0. The second-order valence-corrected chi connectivity index (χ2v) is 5.58. The number of halogens is 7. The third-order valence-electron chi connectivity index (χ3n) is 3.52. The minimum absolute atomic E-state index is 0.160. The molecule has 2 bridgehead atoms. The van der Waals surface area contributed by atoms with E-state index in [1.165, 1.54) is 22.0 Å². The van der Waals surface area contributed by atoms with Crippen molar-refractivity contribution in [1.82, 2.24) is 0 Å². The highest BCUT2D eigenvalue weighted by molar-refractivity contribution is 9.10. The molecule has 2 rings (SSSR count). The highest BCUT2D eigenvalue weighted by atomic mass is 79.9. The highest BCUT2D eigenvalue weighted by Crippen LogP contribution is 2.58. The molecule has 0 aliphatic heterocycles. The van der Waals surface area contributed by atoms with Crippen molar-refractivity contribution >= 4 is 15.9 Å². The summed E-state index contributed by atoms with van der Waals surface area (Å²) in [5.41, 5.74) is 0. The van der Waals surface area contributed by atoms with Crippen LogP contribution in [0.15, 0.2) is 12.2 Å². The van der Waals surface area contributed by atoms with Gasteiger partial charge in [-0.3, -0.25) is 0 Å². The molecule has 0 amide bonds. The maximum atomic E-state index is 13.6. The van der Waals surface area contributed by atoms with Crippen LogP contribution in [-0.2, 0) is 0 Å². The van der Waals surface area contributed by atoms with Crippen LogP contribution in [0.1, 0.15) is 12.8 Å². The Bertz CT molecular complexity index is 345. The molecule has 17 heavy (non-hydrogen) atoms. The molecule has 3 unspecified atom stereocenters. The van der Waals surface area contributed by atoms with Crippen LogP contribution < -0.4 is 0 Å². The summed E-state index contributed by atoms with van der Waals surface area (Å²) in [6.07, 6.45) is 3.30. The molecule has 0 aromatic carbocycles. The summed E-state index contributed by atoms with van der Waals surface area (Å²) in [6.45, 7) is 0. The predicted molar refractivity (Wildman–Crippen MR) is 52.6 cm³/mol. The summed E-state index contributed by atoms with van der Waals surface area (Å²) in [5.74, 6) is -12.7. The maximum absolute atomic E-state index is 13.6. The lowest BCUT2D eigenvalue weighted by molar-refractivity contribution is -0.295. The third-order valence-corrected chi connectivity index (χ3v) is 4.02. The first-order valence-electron chi connectivity index (χ1n) is 5.08. The molecule has 3 atom stereocenters. The van der Waals surface area contributed by atoms with E-state index in [0.717, 1.165) is 0 Å². The third kappa shape index (κ3) is 1.81. The lowest BCUT2D eigenvalue weighted by Crippen LogP contribution is -2.55. The topological polar surface area (TPSA) is 0 Å². The molecule has 0 saturated heterocycles. The van der Waals surface area contributed by atoms with Crippen molar-refractivity contribution in [3.63, 3.8) is 0 Å². The molecule has 0 spiro atoms. The smallest absolute Gasteiger partial charge is 0.199 e. The SMILES string of the molecule is FC(F)(Br)C(F)(F)C(F)(F)C1CC2C=CC1C2. The van der Waals surface area contributed by atoms with Crippen LogP contribution in [-0.4, -0.2) is 16.7 Å². The summed E-state index contributed by atoms with van der Waals surface area (Å²) in [4.78, 5) is -4.91. The summed E-state index contributed by atoms with van der Waals surface area (Å²) >= 11 is 1.35. The Morgan fingerprint density at radius 1 is 0.941 bits per heavy atom. The molecule has 0 aromatic rings. The van der Waals surface area contributed by atoms with Crippen LogP contribution in [0, 0.1) is 17.8 Å². The Kier molecular flexibility index (Phi) is 2.84. The van der Waals surface area contributed by atoms with E-state index in [2.05, 4.69) is 0 Å². The number of hydrogen-bond donors (Lipinski definition) is 0. The van der Waals surface area contributed by atoms with E-state index >= 15 is 0 Å². The van der Waals surface area contributed by atoms with Gasteiger partial charge in [-0.05, 0) is 40.6 Å². The molecule has 2 aliphatic carbocycles. The number of rotatable bonds is 3. The summed E-state index contributed by atoms with van der Waals surface area (Å²) < 4.78 is 78.5. The van der Waals surface area contributed by atoms with Gasteiger partial charge in [0.2, 0.25) is 0 Å². The molecule has 98 valence electrons. The van der Waals surface area contributed by atoms with Gasteiger partial charge >= 0.3 is 16.7 Å². The van der Waals surface area contributed by atoms with Gasteiger partial charge in [0.15, 0.2) is 0 Å². The normalized spacial score (nSPS) is 33.5. The molecule has 1 saturated carbocycles. The van der Waals surface area contributed by atoms with Crippen LogP contribution in [0.4, 0.5) is 26.3 Å². The average Bonchev–Trinajstić information content (AvgIpc) is 2.76. The van der Waals surface area contributed by atoms with E-state index in [4.69, 9.17) is 0 Å². The standard InChI is InChI=1S/C10H9BrF6/c11-10(16,17)9(14,15)8(12,13)7-4-5-1-2-6(7)3-5/h1-2,5-7H,3-4H2. The Morgan fingerprint density at radius 3 is 1.88 bits per heavy atom. The number of alkyl halides is 7. The molecule has 0 radical (unpaired) electrons. The van der Waals surface area contributed by atoms with Gasteiger partial charge in [0.05, 0.1) is 0 Å². The highest BCUT2D eigenvalue weighted by Gasteiger charge is 2.74. The van der Waals surface area contributed by atoms with E-state index in [1.807, 2.05) is 0 Å². The maximum Gasteiger partial charge on any atom is 0.382 e. The van der Waals surface area contributed by atoms with Crippen LogP contribution in [0.25, 0.3) is 0 Å². The van der Waals surface area contributed by atoms with E-state index in [0.29, 0.717) is 6.42 Å². The zero-order valence-electron chi connectivity index (χ0n) is 8.45. The quantitative estimate of drug-likeness (QED) is 0.409. The molecule has 7 heteroatoms. The molecular weight excluding hydrogens is 314 g/mol. The predicted octanol–water partition coefficient (Wildman–Crippen LogP) is 4.46. The molecular formula is C10H9BrF6. The lowest BCUT2D eigenvalue weighted by atomic mass is 9.84. The molecule has 1 fully saturated rings. The van der Waals surface area contributed by atoms with Gasteiger partial charge in [-0.15, -0.1) is 0 Å². The Balaban J connectivity index is 2.28. The van der Waals surface area contributed by atoms with Crippen LogP contribution in [0.3, 0.4) is 0 Å². The number of allylic oxidation sites excluding steroid dienone is 2. The van der Waals surface area contributed by atoms with Gasteiger partial charge in [-0.2, -0.15) is 26.3 Å². The first kappa shape index (κ1) is 13.2. The molecule has 2 aliphatic rings. The fourth-order valence-corrected chi connectivity index (χ4v) is 2.88. The van der Waals surface area contributed by atoms with Gasteiger partial charge in [-0.1, -0.05) is 12.2 Å². The van der Waals surface area contributed by atoms with Crippen molar-refractivity contribution in [3.05, 3.63) is 12.2 Å². The van der Waals surface area contributed by atoms with Gasteiger partial charge in [0.25, 0.3) is 0 Å². The molecule has 0 aromatic heterocycles. The van der Waals surface area contributed by atoms with Gasteiger partial charge in [-0.25, -0.2) is 0 Å². The first-order chi connectivity index (χ1) is 7.57. The second-order valence-electron chi connectivity index (χ2n) is 4.58.